The molecule has 0 spiro atoms. The Kier molecular flexibility index (Phi) is 4.60. The van der Waals surface area contributed by atoms with Crippen molar-refractivity contribution in [3.05, 3.63) is 64.7 Å². The number of alkyl halides is 3. The quantitative estimate of drug-likeness (QED) is 0.744. The predicted molar refractivity (Wildman–Crippen MR) is 72.4 cm³/mol. The van der Waals surface area contributed by atoms with E-state index in [0.717, 1.165) is 30.0 Å². The Bertz CT molecular complexity index is 603. The highest BCUT2D eigenvalue weighted by atomic mass is 19.4. The lowest BCUT2D eigenvalue weighted by Gasteiger charge is -2.07. The molecule has 0 aliphatic carbocycles. The van der Waals surface area contributed by atoms with Gasteiger partial charge in [0.15, 0.2) is 0 Å². The second kappa shape index (κ2) is 6.24. The summed E-state index contributed by atoms with van der Waals surface area (Å²) < 4.78 is 50.2. The third kappa shape index (κ3) is 4.28. The SMILES string of the molecule is Cc1cc(CCCc2ccc(C(F)(F)F)nc2)ccc1F. The summed E-state index contributed by atoms with van der Waals surface area (Å²) in [6, 6.07) is 7.40. The van der Waals surface area contributed by atoms with Crippen LogP contribution < -0.4 is 0 Å². The third-order valence-electron chi connectivity index (χ3n) is 3.27. The van der Waals surface area contributed by atoms with E-state index in [0.29, 0.717) is 12.0 Å². The molecule has 0 amide bonds. The Morgan fingerprint density at radius 2 is 1.67 bits per heavy atom. The Hall–Kier alpha value is -1.91. The molecule has 0 aliphatic rings. The van der Waals surface area contributed by atoms with Gasteiger partial charge >= 0.3 is 6.18 Å². The van der Waals surface area contributed by atoms with Crippen molar-refractivity contribution < 1.29 is 17.6 Å². The zero-order chi connectivity index (χ0) is 15.5. The molecule has 1 heterocycles. The molecule has 2 aromatic rings. The first-order valence-corrected chi connectivity index (χ1v) is 6.63. The van der Waals surface area contributed by atoms with E-state index in [1.165, 1.54) is 18.3 Å². The first kappa shape index (κ1) is 15.5. The number of benzene rings is 1. The van der Waals surface area contributed by atoms with Gasteiger partial charge in [0, 0.05) is 6.20 Å². The van der Waals surface area contributed by atoms with Gasteiger partial charge in [-0.15, -0.1) is 0 Å². The van der Waals surface area contributed by atoms with Crippen LogP contribution in [-0.4, -0.2) is 4.98 Å². The molecule has 0 radical (unpaired) electrons. The highest BCUT2D eigenvalue weighted by Crippen LogP contribution is 2.27. The van der Waals surface area contributed by atoms with Crippen molar-refractivity contribution in [3.8, 4) is 0 Å². The standard InChI is InChI=1S/C16H15F4N/c1-11-9-12(5-7-14(11)17)3-2-4-13-6-8-15(21-10-13)16(18,19)20/h5-10H,2-4H2,1H3. The summed E-state index contributed by atoms with van der Waals surface area (Å²) in [7, 11) is 0. The van der Waals surface area contributed by atoms with E-state index in [9.17, 15) is 17.6 Å². The van der Waals surface area contributed by atoms with Gasteiger partial charge in [0.05, 0.1) is 0 Å². The van der Waals surface area contributed by atoms with Crippen molar-refractivity contribution in [3.63, 3.8) is 0 Å². The number of aryl methyl sites for hydroxylation is 3. The van der Waals surface area contributed by atoms with Gasteiger partial charge in [0.2, 0.25) is 0 Å². The number of pyridine rings is 1. The molecule has 0 aliphatic heterocycles. The van der Waals surface area contributed by atoms with Crippen LogP contribution >= 0.6 is 0 Å². The monoisotopic (exact) mass is 297 g/mol. The third-order valence-corrected chi connectivity index (χ3v) is 3.27. The summed E-state index contributed by atoms with van der Waals surface area (Å²) in [6.07, 6.45) is -0.968. The fraction of sp³-hybridized carbons (Fsp3) is 0.312. The van der Waals surface area contributed by atoms with E-state index < -0.39 is 11.9 Å². The van der Waals surface area contributed by atoms with Gasteiger partial charge in [-0.05, 0) is 55.0 Å². The Labute approximate surface area is 120 Å². The molecule has 0 saturated carbocycles. The van der Waals surface area contributed by atoms with Crippen LogP contribution in [0, 0.1) is 12.7 Å². The highest BCUT2D eigenvalue weighted by molar-refractivity contribution is 5.24. The van der Waals surface area contributed by atoms with Crippen molar-refractivity contribution in [2.45, 2.75) is 32.4 Å². The molecule has 0 fully saturated rings. The maximum atomic E-state index is 13.1. The van der Waals surface area contributed by atoms with E-state index in [1.807, 2.05) is 0 Å². The maximum absolute atomic E-state index is 13.1. The van der Waals surface area contributed by atoms with Crippen LogP contribution in [0.1, 0.15) is 28.8 Å². The zero-order valence-electron chi connectivity index (χ0n) is 11.5. The fourth-order valence-corrected chi connectivity index (χ4v) is 2.10. The zero-order valence-corrected chi connectivity index (χ0v) is 11.5. The van der Waals surface area contributed by atoms with Gasteiger partial charge in [0.1, 0.15) is 11.5 Å². The van der Waals surface area contributed by atoms with Gasteiger partial charge in [-0.2, -0.15) is 13.2 Å². The van der Waals surface area contributed by atoms with Crippen LogP contribution in [0.15, 0.2) is 36.5 Å². The normalized spacial score (nSPS) is 11.7. The number of hydrogen-bond donors (Lipinski definition) is 0. The smallest absolute Gasteiger partial charge is 0.252 e. The fourth-order valence-electron chi connectivity index (χ4n) is 2.10. The Balaban J connectivity index is 1.90. The summed E-state index contributed by atoms with van der Waals surface area (Å²) in [6.45, 7) is 1.71. The van der Waals surface area contributed by atoms with E-state index in [2.05, 4.69) is 4.98 Å². The second-order valence-corrected chi connectivity index (χ2v) is 4.99. The van der Waals surface area contributed by atoms with Crippen LogP contribution in [0.2, 0.25) is 0 Å². The number of nitrogens with zero attached hydrogens (tertiary/aromatic N) is 1. The molecule has 112 valence electrons. The summed E-state index contributed by atoms with van der Waals surface area (Å²) in [5.74, 6) is -0.231. The highest BCUT2D eigenvalue weighted by Gasteiger charge is 2.31. The largest absolute Gasteiger partial charge is 0.433 e. The molecule has 0 atom stereocenters. The molecular weight excluding hydrogens is 282 g/mol. The van der Waals surface area contributed by atoms with Crippen LogP contribution in [0.3, 0.4) is 0 Å². The maximum Gasteiger partial charge on any atom is 0.433 e. The van der Waals surface area contributed by atoms with Crippen molar-refractivity contribution in [2.75, 3.05) is 0 Å². The first-order valence-electron chi connectivity index (χ1n) is 6.63. The van der Waals surface area contributed by atoms with Gasteiger partial charge < -0.3 is 0 Å². The average molecular weight is 297 g/mol. The minimum atomic E-state index is -4.40. The lowest BCUT2D eigenvalue weighted by Crippen LogP contribution is -2.07. The van der Waals surface area contributed by atoms with E-state index in [1.54, 1.807) is 19.1 Å². The molecule has 1 aromatic carbocycles. The molecule has 0 unspecified atom stereocenters. The van der Waals surface area contributed by atoms with Crippen LogP contribution in [-0.2, 0) is 19.0 Å². The van der Waals surface area contributed by atoms with E-state index >= 15 is 0 Å². The molecule has 0 N–H and O–H groups in total. The van der Waals surface area contributed by atoms with Gasteiger partial charge in [-0.1, -0.05) is 18.2 Å². The predicted octanol–water partition coefficient (Wildman–Crippen LogP) is 4.72. The van der Waals surface area contributed by atoms with Crippen molar-refractivity contribution in [2.24, 2.45) is 0 Å². The lowest BCUT2D eigenvalue weighted by atomic mass is 10.0. The molecule has 0 saturated heterocycles. The summed E-state index contributed by atoms with van der Waals surface area (Å²) >= 11 is 0. The van der Waals surface area contributed by atoms with E-state index in [-0.39, 0.29) is 5.82 Å². The molecule has 2 rings (SSSR count). The molecule has 1 nitrogen and oxygen atoms in total. The van der Waals surface area contributed by atoms with Crippen LogP contribution in [0.25, 0.3) is 0 Å². The summed E-state index contributed by atoms with van der Waals surface area (Å²) in [4.78, 5) is 3.43. The number of aromatic nitrogens is 1. The number of rotatable bonds is 4. The van der Waals surface area contributed by atoms with Crippen LogP contribution in [0.4, 0.5) is 17.6 Å². The Morgan fingerprint density at radius 1 is 1.00 bits per heavy atom. The molecule has 5 heteroatoms. The minimum absolute atomic E-state index is 0.231. The molecule has 1 aromatic heterocycles. The average Bonchev–Trinajstić information content (AvgIpc) is 2.42. The Morgan fingerprint density at radius 3 is 2.24 bits per heavy atom. The lowest BCUT2D eigenvalue weighted by molar-refractivity contribution is -0.141. The number of hydrogen-bond acceptors (Lipinski definition) is 1. The second-order valence-electron chi connectivity index (χ2n) is 4.99. The number of halogens is 4. The molecule has 21 heavy (non-hydrogen) atoms. The van der Waals surface area contributed by atoms with Gasteiger partial charge in [-0.3, -0.25) is 4.98 Å². The summed E-state index contributed by atoms with van der Waals surface area (Å²) in [5.41, 5.74) is 1.51. The van der Waals surface area contributed by atoms with Gasteiger partial charge in [0.25, 0.3) is 0 Å². The summed E-state index contributed by atoms with van der Waals surface area (Å²) in [5, 5.41) is 0. The minimum Gasteiger partial charge on any atom is -0.252 e. The molecule has 0 bridgehead atoms. The van der Waals surface area contributed by atoms with Crippen LogP contribution in [0.5, 0.6) is 0 Å². The van der Waals surface area contributed by atoms with Crippen molar-refractivity contribution >= 4 is 0 Å². The first-order chi connectivity index (χ1) is 9.86. The van der Waals surface area contributed by atoms with E-state index in [4.69, 9.17) is 0 Å². The van der Waals surface area contributed by atoms with Gasteiger partial charge in [-0.25, -0.2) is 4.39 Å². The molecular formula is C16H15F4N. The topological polar surface area (TPSA) is 12.9 Å². The van der Waals surface area contributed by atoms with Crippen molar-refractivity contribution in [1.29, 1.82) is 0 Å². The van der Waals surface area contributed by atoms with Crippen molar-refractivity contribution in [1.82, 2.24) is 4.98 Å².